The molecule has 0 aliphatic carbocycles. The SMILES string of the molecule is CCO/N=C(/c1csc(N)n1)C(F)(F)F. The van der Waals surface area contributed by atoms with Crippen molar-refractivity contribution in [1.29, 1.82) is 0 Å². The van der Waals surface area contributed by atoms with Gasteiger partial charge in [-0.3, -0.25) is 0 Å². The van der Waals surface area contributed by atoms with E-state index in [0.29, 0.717) is 0 Å². The number of nitrogens with zero attached hydrogens (tertiary/aromatic N) is 2. The summed E-state index contributed by atoms with van der Waals surface area (Å²) in [6, 6.07) is 0. The molecule has 0 spiro atoms. The van der Waals surface area contributed by atoms with Gasteiger partial charge in [0, 0.05) is 5.38 Å². The predicted octanol–water partition coefficient (Wildman–Crippen LogP) is 2.03. The van der Waals surface area contributed by atoms with Crippen molar-refractivity contribution in [3.63, 3.8) is 0 Å². The Kier molecular flexibility index (Phi) is 3.51. The second kappa shape index (κ2) is 4.47. The molecule has 0 unspecified atom stereocenters. The fourth-order valence-corrected chi connectivity index (χ4v) is 1.32. The van der Waals surface area contributed by atoms with E-state index in [9.17, 15) is 13.2 Å². The van der Waals surface area contributed by atoms with Gasteiger partial charge in [-0.1, -0.05) is 5.16 Å². The van der Waals surface area contributed by atoms with Crippen molar-refractivity contribution in [1.82, 2.24) is 4.98 Å². The number of anilines is 1. The predicted molar refractivity (Wildman–Crippen MR) is 50.7 cm³/mol. The van der Waals surface area contributed by atoms with Crippen LogP contribution in [0.5, 0.6) is 0 Å². The average molecular weight is 239 g/mol. The minimum absolute atomic E-state index is 0.0541. The summed E-state index contributed by atoms with van der Waals surface area (Å²) in [5, 5.41) is 4.21. The van der Waals surface area contributed by atoms with Gasteiger partial charge in [0.05, 0.1) is 0 Å². The van der Waals surface area contributed by atoms with Gasteiger partial charge in [0.1, 0.15) is 12.3 Å². The van der Waals surface area contributed by atoms with Crippen molar-refractivity contribution < 1.29 is 18.0 Å². The summed E-state index contributed by atoms with van der Waals surface area (Å²) >= 11 is 0.913. The molecule has 1 aromatic rings. The zero-order valence-electron chi connectivity index (χ0n) is 7.71. The minimum atomic E-state index is -4.60. The van der Waals surface area contributed by atoms with Crippen molar-refractivity contribution in [3.8, 4) is 0 Å². The molecule has 0 amide bonds. The quantitative estimate of drug-likeness (QED) is 0.648. The van der Waals surface area contributed by atoms with Crippen molar-refractivity contribution in [3.05, 3.63) is 11.1 Å². The van der Waals surface area contributed by atoms with Gasteiger partial charge in [-0.25, -0.2) is 4.98 Å². The molecule has 0 aromatic carbocycles. The third-order valence-corrected chi connectivity index (χ3v) is 1.99. The van der Waals surface area contributed by atoms with E-state index in [1.165, 1.54) is 12.3 Å². The fourth-order valence-electron chi connectivity index (χ4n) is 0.769. The largest absolute Gasteiger partial charge is 0.438 e. The zero-order chi connectivity index (χ0) is 11.5. The summed E-state index contributed by atoms with van der Waals surface area (Å²) in [5.74, 6) is 0. The molecular formula is C7H8F3N3OS. The number of aromatic nitrogens is 1. The fraction of sp³-hybridized carbons (Fsp3) is 0.429. The lowest BCUT2D eigenvalue weighted by molar-refractivity contribution is -0.0614. The molecule has 1 aromatic heterocycles. The number of halogens is 3. The van der Waals surface area contributed by atoms with Crippen LogP contribution in [0.2, 0.25) is 0 Å². The normalized spacial score (nSPS) is 12.9. The first-order valence-corrected chi connectivity index (χ1v) is 4.81. The average Bonchev–Trinajstić information content (AvgIpc) is 2.50. The zero-order valence-corrected chi connectivity index (χ0v) is 8.52. The first-order valence-electron chi connectivity index (χ1n) is 3.93. The Labute approximate surface area is 87.6 Å². The number of nitrogen functional groups attached to an aromatic ring is 1. The highest BCUT2D eigenvalue weighted by atomic mass is 32.1. The lowest BCUT2D eigenvalue weighted by atomic mass is 10.3. The van der Waals surface area contributed by atoms with Crippen molar-refractivity contribution >= 4 is 22.2 Å². The van der Waals surface area contributed by atoms with Crippen LogP contribution in [0, 0.1) is 0 Å². The van der Waals surface area contributed by atoms with E-state index in [1.54, 1.807) is 0 Å². The van der Waals surface area contributed by atoms with E-state index in [-0.39, 0.29) is 17.4 Å². The van der Waals surface area contributed by atoms with Crippen molar-refractivity contribution in [2.45, 2.75) is 13.1 Å². The molecule has 0 saturated heterocycles. The van der Waals surface area contributed by atoms with Gasteiger partial charge in [-0.05, 0) is 6.92 Å². The van der Waals surface area contributed by atoms with Crippen molar-refractivity contribution in [2.24, 2.45) is 5.16 Å². The van der Waals surface area contributed by atoms with Crippen LogP contribution in [0.15, 0.2) is 10.5 Å². The summed E-state index contributed by atoms with van der Waals surface area (Å²) in [5.41, 5.74) is 3.74. The number of hydrogen-bond acceptors (Lipinski definition) is 5. The van der Waals surface area contributed by atoms with Gasteiger partial charge in [0.2, 0.25) is 5.71 Å². The molecule has 0 radical (unpaired) electrons. The highest BCUT2D eigenvalue weighted by Crippen LogP contribution is 2.24. The molecule has 0 aliphatic rings. The topological polar surface area (TPSA) is 60.5 Å². The number of nitrogens with two attached hydrogens (primary N) is 1. The van der Waals surface area contributed by atoms with E-state index < -0.39 is 11.9 Å². The first-order chi connectivity index (χ1) is 6.95. The van der Waals surface area contributed by atoms with E-state index in [0.717, 1.165) is 11.3 Å². The maximum absolute atomic E-state index is 12.5. The van der Waals surface area contributed by atoms with E-state index in [1.807, 2.05) is 0 Å². The van der Waals surface area contributed by atoms with Crippen LogP contribution < -0.4 is 5.73 Å². The number of alkyl halides is 3. The van der Waals surface area contributed by atoms with Crippen LogP contribution in [0.3, 0.4) is 0 Å². The summed E-state index contributed by atoms with van der Waals surface area (Å²) < 4.78 is 37.4. The highest BCUT2D eigenvalue weighted by Gasteiger charge is 2.39. The standard InChI is InChI=1S/C7H8F3N3OS/c1-2-14-13-5(7(8,9)10)4-3-15-6(11)12-4/h3H,2H2,1H3,(H2,11,12)/b13-5-. The third kappa shape index (κ3) is 3.08. The van der Waals surface area contributed by atoms with Crippen LogP contribution in [-0.2, 0) is 4.84 Å². The van der Waals surface area contributed by atoms with Crippen molar-refractivity contribution in [2.75, 3.05) is 12.3 Å². The Hall–Kier alpha value is -1.31. The molecule has 15 heavy (non-hydrogen) atoms. The molecule has 0 bridgehead atoms. The number of hydrogen-bond donors (Lipinski definition) is 1. The van der Waals surface area contributed by atoms with E-state index in [2.05, 4.69) is 15.0 Å². The minimum Gasteiger partial charge on any atom is -0.396 e. The molecule has 1 heterocycles. The second-order valence-corrected chi connectivity index (χ2v) is 3.32. The van der Waals surface area contributed by atoms with Gasteiger partial charge in [-0.15, -0.1) is 11.3 Å². The molecule has 0 aliphatic heterocycles. The van der Waals surface area contributed by atoms with Gasteiger partial charge < -0.3 is 10.6 Å². The molecule has 4 nitrogen and oxygen atoms in total. The van der Waals surface area contributed by atoms with Gasteiger partial charge in [0.15, 0.2) is 5.13 Å². The second-order valence-electron chi connectivity index (χ2n) is 2.43. The van der Waals surface area contributed by atoms with Crippen LogP contribution in [0.25, 0.3) is 0 Å². The Bertz CT molecular complexity index is 361. The summed E-state index contributed by atoms with van der Waals surface area (Å²) in [6.07, 6.45) is -4.60. The van der Waals surface area contributed by atoms with Gasteiger partial charge in [-0.2, -0.15) is 13.2 Å². The monoisotopic (exact) mass is 239 g/mol. The molecule has 2 N–H and O–H groups in total. The molecule has 0 saturated carbocycles. The summed E-state index contributed by atoms with van der Waals surface area (Å²) in [6.45, 7) is 1.59. The molecule has 8 heteroatoms. The molecule has 1 rings (SSSR count). The Morgan fingerprint density at radius 2 is 2.33 bits per heavy atom. The van der Waals surface area contributed by atoms with Crippen LogP contribution in [0.1, 0.15) is 12.6 Å². The molecule has 0 fully saturated rings. The lowest BCUT2D eigenvalue weighted by Crippen LogP contribution is -2.24. The number of thiazole rings is 1. The maximum atomic E-state index is 12.5. The first kappa shape index (κ1) is 11.8. The Morgan fingerprint density at radius 1 is 1.67 bits per heavy atom. The molecule has 84 valence electrons. The summed E-state index contributed by atoms with van der Waals surface area (Å²) in [4.78, 5) is 7.87. The van der Waals surface area contributed by atoms with Crippen LogP contribution >= 0.6 is 11.3 Å². The van der Waals surface area contributed by atoms with E-state index in [4.69, 9.17) is 5.73 Å². The number of rotatable bonds is 3. The van der Waals surface area contributed by atoms with Crippen LogP contribution in [0.4, 0.5) is 18.3 Å². The Morgan fingerprint density at radius 3 is 2.73 bits per heavy atom. The van der Waals surface area contributed by atoms with E-state index >= 15 is 0 Å². The number of oxime groups is 1. The third-order valence-electron chi connectivity index (χ3n) is 1.32. The van der Waals surface area contributed by atoms with Gasteiger partial charge in [0.25, 0.3) is 0 Å². The highest BCUT2D eigenvalue weighted by molar-refractivity contribution is 7.13. The summed E-state index contributed by atoms with van der Waals surface area (Å²) in [7, 11) is 0. The smallest absolute Gasteiger partial charge is 0.396 e. The maximum Gasteiger partial charge on any atom is 0.438 e. The molecule has 0 atom stereocenters. The Balaban J connectivity index is 3.02. The molecular weight excluding hydrogens is 231 g/mol. The van der Waals surface area contributed by atoms with Crippen LogP contribution in [-0.4, -0.2) is 23.5 Å². The lowest BCUT2D eigenvalue weighted by Gasteiger charge is -2.06. The van der Waals surface area contributed by atoms with Gasteiger partial charge >= 0.3 is 6.18 Å².